The summed E-state index contributed by atoms with van der Waals surface area (Å²) in [5.74, 6) is 1.37. The molecule has 0 radical (unpaired) electrons. The number of fused-ring (bicyclic) bond motifs is 1. The third-order valence-corrected chi connectivity index (χ3v) is 6.89. The minimum Gasteiger partial charge on any atom is -0.394 e. The largest absolute Gasteiger partial charge is 0.394 e. The van der Waals surface area contributed by atoms with Crippen LogP contribution in [0, 0.1) is 0 Å². The lowest BCUT2D eigenvalue weighted by Crippen LogP contribution is -2.17. The number of pyridine rings is 1. The summed E-state index contributed by atoms with van der Waals surface area (Å²) >= 11 is 0. The van der Waals surface area contributed by atoms with Gasteiger partial charge in [-0.2, -0.15) is 9.97 Å². The van der Waals surface area contributed by atoms with Gasteiger partial charge in [0, 0.05) is 42.5 Å². The van der Waals surface area contributed by atoms with Crippen LogP contribution in [0.25, 0.3) is 22.8 Å². The first-order valence-electron chi connectivity index (χ1n) is 13.1. The predicted octanol–water partition coefficient (Wildman–Crippen LogP) is 5.39. The van der Waals surface area contributed by atoms with Crippen LogP contribution in [0.1, 0.15) is 42.9 Å². The Kier molecular flexibility index (Phi) is 7.14. The second-order valence-electron chi connectivity index (χ2n) is 10.0. The van der Waals surface area contributed by atoms with Crippen molar-refractivity contribution in [3.05, 3.63) is 95.9 Å². The minimum absolute atomic E-state index is 0.165. The number of hydrogen-bond donors (Lipinski definition) is 3. The van der Waals surface area contributed by atoms with Gasteiger partial charge in [-0.05, 0) is 49.2 Å². The van der Waals surface area contributed by atoms with E-state index in [1.54, 1.807) is 31.8 Å². The highest BCUT2D eigenvalue weighted by molar-refractivity contribution is 5.72. The van der Waals surface area contributed by atoms with Crippen LogP contribution in [0.5, 0.6) is 0 Å². The van der Waals surface area contributed by atoms with Gasteiger partial charge in [-0.15, -0.1) is 0 Å². The Morgan fingerprint density at radius 3 is 2.66 bits per heavy atom. The molecule has 1 aliphatic rings. The molecule has 6 rings (SSSR count). The average molecular weight is 552 g/mol. The predicted molar refractivity (Wildman–Crippen MR) is 152 cm³/mol. The van der Waals surface area contributed by atoms with E-state index in [0.717, 1.165) is 22.4 Å². The maximum Gasteiger partial charge on any atom is 0.263 e. The van der Waals surface area contributed by atoms with Gasteiger partial charge in [0.15, 0.2) is 6.29 Å². The maximum absolute atomic E-state index is 10.2. The molecule has 0 bridgehead atoms. The lowest BCUT2D eigenvalue weighted by molar-refractivity contribution is -0.175. The van der Waals surface area contributed by atoms with Crippen LogP contribution in [0.15, 0.2) is 83.8 Å². The monoisotopic (exact) mass is 551 g/mol. The van der Waals surface area contributed by atoms with Gasteiger partial charge < -0.3 is 29.7 Å². The van der Waals surface area contributed by atoms with Crippen LogP contribution in [0.3, 0.4) is 0 Å². The second-order valence-corrected chi connectivity index (χ2v) is 10.0. The van der Waals surface area contributed by atoms with Crippen molar-refractivity contribution in [1.29, 1.82) is 0 Å². The van der Waals surface area contributed by atoms with E-state index in [1.165, 1.54) is 0 Å². The zero-order chi connectivity index (χ0) is 28.4. The lowest BCUT2D eigenvalue weighted by atomic mass is 9.95. The first-order chi connectivity index (χ1) is 19.9. The van der Waals surface area contributed by atoms with E-state index in [0.29, 0.717) is 28.7 Å². The summed E-state index contributed by atoms with van der Waals surface area (Å²) in [5.41, 5.74) is 4.36. The van der Waals surface area contributed by atoms with Crippen LogP contribution in [-0.4, -0.2) is 43.9 Å². The molecule has 41 heavy (non-hydrogen) atoms. The highest BCUT2D eigenvalue weighted by atomic mass is 16.7. The van der Waals surface area contributed by atoms with E-state index in [-0.39, 0.29) is 12.5 Å². The first-order valence-corrected chi connectivity index (χ1v) is 13.1. The first kappa shape index (κ1) is 26.5. The number of hydrogen-bond acceptors (Lipinski definition) is 11. The number of nitrogens with zero attached hydrogens (tertiary/aromatic N) is 5. The Labute approximate surface area is 236 Å². The summed E-state index contributed by atoms with van der Waals surface area (Å²) in [4.78, 5) is 18.0. The zero-order valence-corrected chi connectivity index (χ0v) is 22.8. The molecule has 3 aromatic heterocycles. The van der Waals surface area contributed by atoms with Crippen molar-refractivity contribution in [3.63, 3.8) is 0 Å². The normalized spacial score (nSPS) is 16.2. The third-order valence-electron chi connectivity index (χ3n) is 6.89. The number of aromatic nitrogens is 5. The summed E-state index contributed by atoms with van der Waals surface area (Å²) in [6, 6.07) is 18.7. The Morgan fingerprint density at radius 2 is 1.90 bits per heavy atom. The van der Waals surface area contributed by atoms with Gasteiger partial charge in [0.2, 0.25) is 11.8 Å². The molecule has 0 aliphatic carbocycles. The minimum atomic E-state index is -0.515. The molecule has 3 N–H and O–H groups in total. The van der Waals surface area contributed by atoms with Crippen molar-refractivity contribution in [2.24, 2.45) is 0 Å². The Balaban J connectivity index is 1.35. The molecule has 1 unspecified atom stereocenters. The molecular weight excluding hydrogens is 522 g/mol. The zero-order valence-electron chi connectivity index (χ0n) is 22.8. The fourth-order valence-electron chi connectivity index (χ4n) is 4.80. The number of methoxy groups -OCH3 is 1. The van der Waals surface area contributed by atoms with Crippen molar-refractivity contribution in [1.82, 2.24) is 25.1 Å². The highest BCUT2D eigenvalue weighted by Crippen LogP contribution is 2.44. The van der Waals surface area contributed by atoms with Crippen LogP contribution in [0.4, 0.5) is 17.5 Å². The van der Waals surface area contributed by atoms with Crippen LogP contribution >= 0.6 is 0 Å². The molecule has 4 heterocycles. The topological polar surface area (TPSA) is 140 Å². The Hall–Kier alpha value is -4.71. The fraction of sp³-hybridized carbons (Fsp3) is 0.233. The number of benzene rings is 2. The van der Waals surface area contributed by atoms with Crippen LogP contribution < -0.4 is 10.6 Å². The van der Waals surface area contributed by atoms with Crippen molar-refractivity contribution in [2.75, 3.05) is 24.4 Å². The van der Waals surface area contributed by atoms with E-state index < -0.39 is 17.9 Å². The molecule has 208 valence electrons. The van der Waals surface area contributed by atoms with Crippen LogP contribution in [-0.2, 0) is 15.1 Å². The molecular formula is C30H29N7O4. The fourth-order valence-corrected chi connectivity index (χ4v) is 4.80. The van der Waals surface area contributed by atoms with Gasteiger partial charge in [0.05, 0.1) is 18.2 Å². The summed E-state index contributed by atoms with van der Waals surface area (Å²) in [7, 11) is 1.63. The van der Waals surface area contributed by atoms with Gasteiger partial charge >= 0.3 is 0 Å². The van der Waals surface area contributed by atoms with E-state index in [2.05, 4.69) is 30.7 Å². The van der Waals surface area contributed by atoms with Gasteiger partial charge in [-0.25, -0.2) is 4.98 Å². The number of ether oxygens (including phenoxy) is 2. The van der Waals surface area contributed by atoms with E-state index >= 15 is 0 Å². The number of nitrogens with one attached hydrogen (secondary N) is 2. The Bertz CT molecular complexity index is 1640. The summed E-state index contributed by atoms with van der Waals surface area (Å²) in [5, 5.41) is 21.0. The molecule has 0 saturated carbocycles. The summed E-state index contributed by atoms with van der Waals surface area (Å²) in [6.07, 6.45) is 4.53. The molecule has 11 heteroatoms. The van der Waals surface area contributed by atoms with Gasteiger partial charge in [0.25, 0.3) is 5.89 Å². The molecule has 0 amide bonds. The quantitative estimate of drug-likeness (QED) is 0.217. The number of rotatable bonds is 9. The highest BCUT2D eigenvalue weighted by Gasteiger charge is 2.38. The molecule has 0 fully saturated rings. The van der Waals surface area contributed by atoms with E-state index in [4.69, 9.17) is 19.0 Å². The van der Waals surface area contributed by atoms with Crippen molar-refractivity contribution in [2.45, 2.75) is 31.8 Å². The number of aliphatic hydroxyl groups excluding tert-OH is 1. The SMILES string of the molecule is COC1OC(C)(C)c2cc(Nc3ncc(-c4nc(-c5cccnc5)no4)c(N[C@H](CO)c4ccccc4)n3)ccc21. The molecule has 1 aliphatic heterocycles. The standard InChI is InChI=1S/C30H29N7O4/c1-30(2)23-14-20(11-12-21(23)28(39-3)40-30)33-29-32-16-22(27-35-25(37-41-27)19-10-7-13-31-15-19)26(36-29)34-24(17-38)18-8-5-4-6-9-18/h4-16,24,28,38H,17H2,1-3H3,(H2,32,33,34,36)/t24-,28?/m1/s1. The number of aliphatic hydroxyl groups is 1. The Morgan fingerprint density at radius 1 is 1.05 bits per heavy atom. The molecule has 0 spiro atoms. The molecule has 2 aromatic carbocycles. The van der Waals surface area contributed by atoms with Crippen LogP contribution in [0.2, 0.25) is 0 Å². The molecule has 0 saturated heterocycles. The van der Waals surface area contributed by atoms with Crippen molar-refractivity contribution < 1.29 is 19.1 Å². The van der Waals surface area contributed by atoms with E-state index in [9.17, 15) is 5.11 Å². The lowest BCUT2D eigenvalue weighted by Gasteiger charge is -2.20. The number of anilines is 3. The smallest absolute Gasteiger partial charge is 0.263 e. The van der Waals surface area contributed by atoms with Gasteiger partial charge in [-0.3, -0.25) is 4.98 Å². The maximum atomic E-state index is 10.2. The van der Waals surface area contributed by atoms with E-state index in [1.807, 2.05) is 68.4 Å². The molecule has 11 nitrogen and oxygen atoms in total. The average Bonchev–Trinajstić information content (AvgIpc) is 3.59. The van der Waals surface area contributed by atoms with Crippen molar-refractivity contribution >= 4 is 17.5 Å². The molecule has 5 aromatic rings. The molecule has 2 atom stereocenters. The summed E-state index contributed by atoms with van der Waals surface area (Å²) < 4.78 is 17.1. The van der Waals surface area contributed by atoms with Gasteiger partial charge in [-0.1, -0.05) is 41.6 Å². The van der Waals surface area contributed by atoms with Crippen molar-refractivity contribution in [3.8, 4) is 22.8 Å². The summed E-state index contributed by atoms with van der Waals surface area (Å²) in [6.45, 7) is 3.84. The third kappa shape index (κ3) is 5.38. The van der Waals surface area contributed by atoms with Gasteiger partial charge in [0.1, 0.15) is 11.4 Å². The second kappa shape index (κ2) is 11.0.